The standard InChI is InChI=1S/C20H25N3O3/c1-3-8-23-13-16(15(2)21-23)12-22-9-6-20(24,7-10-22)17-4-5-18-19(11-17)26-14-25-18/h3-5,11,13,24H,1,6-10,12,14H2,2H3. The van der Waals surface area contributed by atoms with Gasteiger partial charge in [0.1, 0.15) is 0 Å². The van der Waals surface area contributed by atoms with E-state index in [0.717, 1.165) is 48.9 Å². The summed E-state index contributed by atoms with van der Waals surface area (Å²) in [5.74, 6) is 1.48. The molecule has 0 atom stereocenters. The molecule has 0 bridgehead atoms. The summed E-state index contributed by atoms with van der Waals surface area (Å²) < 4.78 is 12.7. The second kappa shape index (κ2) is 6.78. The fourth-order valence-electron chi connectivity index (χ4n) is 3.74. The third kappa shape index (κ3) is 3.22. The third-order valence-corrected chi connectivity index (χ3v) is 5.35. The van der Waals surface area contributed by atoms with Gasteiger partial charge in [-0.1, -0.05) is 12.1 Å². The van der Waals surface area contributed by atoms with Gasteiger partial charge in [-0.3, -0.25) is 9.58 Å². The smallest absolute Gasteiger partial charge is 0.231 e. The minimum absolute atomic E-state index is 0.254. The van der Waals surface area contributed by atoms with Crippen LogP contribution in [0.1, 0.15) is 29.7 Å². The minimum Gasteiger partial charge on any atom is -0.454 e. The van der Waals surface area contributed by atoms with Crippen molar-refractivity contribution in [2.24, 2.45) is 0 Å². The molecule has 1 saturated heterocycles. The van der Waals surface area contributed by atoms with Crippen LogP contribution in [0.5, 0.6) is 11.5 Å². The van der Waals surface area contributed by atoms with Crippen molar-refractivity contribution in [2.75, 3.05) is 19.9 Å². The molecule has 138 valence electrons. The first-order valence-corrected chi connectivity index (χ1v) is 9.06. The highest BCUT2D eigenvalue weighted by Crippen LogP contribution is 2.39. The summed E-state index contributed by atoms with van der Waals surface area (Å²) in [5.41, 5.74) is 2.40. The van der Waals surface area contributed by atoms with Gasteiger partial charge in [0.15, 0.2) is 11.5 Å². The number of rotatable bonds is 5. The Balaban J connectivity index is 1.41. The Kier molecular flexibility index (Phi) is 4.46. The number of ether oxygens (including phenoxy) is 2. The number of fused-ring (bicyclic) bond motifs is 1. The van der Waals surface area contributed by atoms with Crippen LogP contribution < -0.4 is 9.47 Å². The molecular weight excluding hydrogens is 330 g/mol. The molecule has 1 N–H and O–H groups in total. The van der Waals surface area contributed by atoms with E-state index < -0.39 is 5.60 Å². The molecular formula is C20H25N3O3. The highest BCUT2D eigenvalue weighted by molar-refractivity contribution is 5.46. The molecule has 6 nitrogen and oxygen atoms in total. The number of likely N-dealkylation sites (tertiary alicyclic amines) is 1. The second-order valence-electron chi connectivity index (χ2n) is 7.13. The first-order chi connectivity index (χ1) is 12.6. The van der Waals surface area contributed by atoms with Gasteiger partial charge in [0.05, 0.1) is 17.8 Å². The average Bonchev–Trinajstić information content (AvgIpc) is 3.23. The van der Waals surface area contributed by atoms with Crippen molar-refractivity contribution in [1.29, 1.82) is 0 Å². The minimum atomic E-state index is -0.806. The molecule has 0 spiro atoms. The molecule has 2 aliphatic heterocycles. The van der Waals surface area contributed by atoms with Crippen LogP contribution in [0, 0.1) is 6.92 Å². The summed E-state index contributed by atoms with van der Waals surface area (Å²) in [6, 6.07) is 5.76. The number of benzene rings is 1. The molecule has 1 fully saturated rings. The van der Waals surface area contributed by atoms with E-state index in [1.807, 2.05) is 35.9 Å². The van der Waals surface area contributed by atoms with Crippen LogP contribution in [0.4, 0.5) is 0 Å². The van der Waals surface area contributed by atoms with E-state index in [-0.39, 0.29) is 6.79 Å². The summed E-state index contributed by atoms with van der Waals surface area (Å²) in [6.07, 6.45) is 5.34. The molecule has 0 radical (unpaired) electrons. The summed E-state index contributed by atoms with van der Waals surface area (Å²) in [7, 11) is 0. The van der Waals surface area contributed by atoms with Crippen molar-refractivity contribution in [2.45, 2.75) is 38.5 Å². The lowest BCUT2D eigenvalue weighted by Gasteiger charge is -2.38. The zero-order valence-corrected chi connectivity index (χ0v) is 15.1. The Hall–Kier alpha value is -2.31. The Bertz CT molecular complexity index is 807. The molecule has 26 heavy (non-hydrogen) atoms. The Labute approximate surface area is 153 Å². The van der Waals surface area contributed by atoms with Crippen LogP contribution in [0.25, 0.3) is 0 Å². The number of allylic oxidation sites excluding steroid dienone is 1. The van der Waals surface area contributed by atoms with E-state index in [1.165, 1.54) is 5.56 Å². The Morgan fingerprint density at radius 2 is 2.04 bits per heavy atom. The predicted octanol–water partition coefficient (Wildman–Crippen LogP) is 2.59. The molecule has 0 amide bonds. The highest BCUT2D eigenvalue weighted by Gasteiger charge is 2.35. The van der Waals surface area contributed by atoms with Crippen LogP contribution >= 0.6 is 0 Å². The quantitative estimate of drug-likeness (QED) is 0.836. The maximum atomic E-state index is 11.1. The molecule has 2 aliphatic rings. The van der Waals surface area contributed by atoms with Crippen LogP contribution in [-0.2, 0) is 18.7 Å². The fraction of sp³-hybridized carbons (Fsp3) is 0.450. The Morgan fingerprint density at radius 3 is 2.81 bits per heavy atom. The lowest BCUT2D eigenvalue weighted by atomic mass is 9.84. The van der Waals surface area contributed by atoms with Gasteiger partial charge < -0.3 is 14.6 Å². The molecule has 0 saturated carbocycles. The molecule has 0 unspecified atom stereocenters. The van der Waals surface area contributed by atoms with E-state index in [1.54, 1.807) is 0 Å². The van der Waals surface area contributed by atoms with Crippen LogP contribution in [0.3, 0.4) is 0 Å². The molecule has 4 rings (SSSR count). The Morgan fingerprint density at radius 1 is 1.27 bits per heavy atom. The van der Waals surface area contributed by atoms with Crippen LogP contribution in [0.15, 0.2) is 37.1 Å². The molecule has 2 aromatic rings. The highest BCUT2D eigenvalue weighted by atomic mass is 16.7. The molecule has 3 heterocycles. The topological polar surface area (TPSA) is 59.8 Å². The fourth-order valence-corrected chi connectivity index (χ4v) is 3.74. The number of aryl methyl sites for hydroxylation is 1. The van der Waals surface area contributed by atoms with Gasteiger partial charge in [0.25, 0.3) is 0 Å². The summed E-state index contributed by atoms with van der Waals surface area (Å²) >= 11 is 0. The van der Waals surface area contributed by atoms with Crippen molar-refractivity contribution in [3.8, 4) is 11.5 Å². The summed E-state index contributed by atoms with van der Waals surface area (Å²) in [6.45, 7) is 9.34. The number of aliphatic hydroxyl groups is 1. The molecule has 1 aromatic heterocycles. The summed E-state index contributed by atoms with van der Waals surface area (Å²) in [4.78, 5) is 2.38. The monoisotopic (exact) mass is 355 g/mol. The van der Waals surface area contributed by atoms with Crippen LogP contribution in [-0.4, -0.2) is 39.7 Å². The van der Waals surface area contributed by atoms with Crippen molar-refractivity contribution < 1.29 is 14.6 Å². The van der Waals surface area contributed by atoms with E-state index in [2.05, 4.69) is 22.8 Å². The van der Waals surface area contributed by atoms with Gasteiger partial charge in [-0.25, -0.2) is 0 Å². The summed E-state index contributed by atoms with van der Waals surface area (Å²) in [5, 5.41) is 15.7. The van der Waals surface area contributed by atoms with Gasteiger partial charge in [-0.15, -0.1) is 6.58 Å². The molecule has 1 aromatic carbocycles. The number of piperidine rings is 1. The van der Waals surface area contributed by atoms with Gasteiger partial charge in [-0.2, -0.15) is 5.10 Å². The zero-order valence-electron chi connectivity index (χ0n) is 15.1. The van der Waals surface area contributed by atoms with E-state index in [4.69, 9.17) is 9.47 Å². The second-order valence-corrected chi connectivity index (χ2v) is 7.13. The number of hydrogen-bond acceptors (Lipinski definition) is 5. The first-order valence-electron chi connectivity index (χ1n) is 9.06. The number of nitrogens with zero attached hydrogens (tertiary/aromatic N) is 3. The first kappa shape index (κ1) is 17.1. The van der Waals surface area contributed by atoms with Crippen molar-refractivity contribution >= 4 is 0 Å². The SMILES string of the molecule is C=CCn1cc(CN2CCC(O)(c3ccc4c(c3)OCO4)CC2)c(C)n1. The third-order valence-electron chi connectivity index (χ3n) is 5.35. The van der Waals surface area contributed by atoms with Gasteiger partial charge in [-0.05, 0) is 37.5 Å². The average molecular weight is 355 g/mol. The van der Waals surface area contributed by atoms with Crippen molar-refractivity contribution in [3.63, 3.8) is 0 Å². The zero-order chi connectivity index (χ0) is 18.1. The maximum absolute atomic E-state index is 11.1. The molecule has 6 heteroatoms. The van der Waals surface area contributed by atoms with Gasteiger partial charge in [0, 0.05) is 31.4 Å². The number of aromatic nitrogens is 2. The predicted molar refractivity (Wildman–Crippen MR) is 98.1 cm³/mol. The normalized spacial score (nSPS) is 18.8. The van der Waals surface area contributed by atoms with Crippen LogP contribution in [0.2, 0.25) is 0 Å². The lowest BCUT2D eigenvalue weighted by Crippen LogP contribution is -2.42. The van der Waals surface area contributed by atoms with E-state index in [9.17, 15) is 5.11 Å². The largest absolute Gasteiger partial charge is 0.454 e. The number of hydrogen-bond donors (Lipinski definition) is 1. The van der Waals surface area contributed by atoms with E-state index in [0.29, 0.717) is 12.8 Å². The molecule has 0 aliphatic carbocycles. The van der Waals surface area contributed by atoms with Gasteiger partial charge >= 0.3 is 0 Å². The van der Waals surface area contributed by atoms with E-state index >= 15 is 0 Å². The lowest BCUT2D eigenvalue weighted by molar-refractivity contribution is -0.0278. The maximum Gasteiger partial charge on any atom is 0.231 e. The van der Waals surface area contributed by atoms with Crippen molar-refractivity contribution in [1.82, 2.24) is 14.7 Å². The van der Waals surface area contributed by atoms with Gasteiger partial charge in [0.2, 0.25) is 6.79 Å². The van der Waals surface area contributed by atoms with Crippen molar-refractivity contribution in [3.05, 3.63) is 53.9 Å².